The number of benzene rings is 1. The van der Waals surface area contributed by atoms with Gasteiger partial charge in [0.2, 0.25) is 0 Å². The average Bonchev–Trinajstić information content (AvgIpc) is 3.15. The second kappa shape index (κ2) is 6.49. The van der Waals surface area contributed by atoms with Crippen LogP contribution in [0.25, 0.3) is 0 Å². The number of ether oxygens (including phenoxy) is 1. The second-order valence-electron chi connectivity index (χ2n) is 6.08. The van der Waals surface area contributed by atoms with Gasteiger partial charge < -0.3 is 10.1 Å². The lowest BCUT2D eigenvalue weighted by Crippen LogP contribution is -2.35. The lowest BCUT2D eigenvalue weighted by atomic mass is 10.1. The van der Waals surface area contributed by atoms with Crippen LogP contribution in [0.3, 0.4) is 0 Å². The van der Waals surface area contributed by atoms with Crippen LogP contribution in [-0.2, 0) is 17.2 Å². The number of rotatable bonds is 5. The first-order valence-corrected chi connectivity index (χ1v) is 9.31. The van der Waals surface area contributed by atoms with Crippen molar-refractivity contribution in [3.05, 3.63) is 29.3 Å². The van der Waals surface area contributed by atoms with Crippen LogP contribution in [-0.4, -0.2) is 28.4 Å². The summed E-state index contributed by atoms with van der Waals surface area (Å²) in [5.74, 6) is 0.893. The minimum Gasteiger partial charge on any atom is -0.497 e. The van der Waals surface area contributed by atoms with E-state index in [0.717, 1.165) is 31.6 Å². The first kappa shape index (κ1) is 15.0. The van der Waals surface area contributed by atoms with Crippen molar-refractivity contribution in [3.63, 3.8) is 0 Å². The third-order valence-corrected chi connectivity index (χ3v) is 7.00. The lowest BCUT2D eigenvalue weighted by molar-refractivity contribution is 0.413. The second-order valence-corrected chi connectivity index (χ2v) is 8.01. The highest BCUT2D eigenvalue weighted by Gasteiger charge is 2.39. The number of hydrogen-bond donors (Lipinski definition) is 1. The maximum Gasteiger partial charge on any atom is 0.119 e. The van der Waals surface area contributed by atoms with Gasteiger partial charge in [-0.05, 0) is 49.1 Å². The molecule has 3 unspecified atom stereocenters. The molecule has 1 N–H and O–H groups in total. The van der Waals surface area contributed by atoms with Crippen LogP contribution in [0.1, 0.15) is 49.8 Å². The summed E-state index contributed by atoms with van der Waals surface area (Å²) in [4.78, 5) is 0. The smallest absolute Gasteiger partial charge is 0.119 e. The highest BCUT2D eigenvalue weighted by atomic mass is 32.2. The van der Waals surface area contributed by atoms with Gasteiger partial charge in [0.25, 0.3) is 0 Å². The van der Waals surface area contributed by atoms with Crippen LogP contribution in [0, 0.1) is 0 Å². The highest BCUT2D eigenvalue weighted by molar-refractivity contribution is 7.86. The van der Waals surface area contributed by atoms with Gasteiger partial charge in [-0.15, -0.1) is 0 Å². The third kappa shape index (κ3) is 2.88. The summed E-state index contributed by atoms with van der Waals surface area (Å²) in [7, 11) is 0.961. The molecule has 0 spiro atoms. The van der Waals surface area contributed by atoms with Gasteiger partial charge in [-0.2, -0.15) is 0 Å². The molecule has 0 amide bonds. The largest absolute Gasteiger partial charge is 0.497 e. The molecule has 3 nitrogen and oxygen atoms in total. The number of nitrogens with one attached hydrogen (secondary N) is 1. The van der Waals surface area contributed by atoms with Crippen molar-refractivity contribution < 1.29 is 8.95 Å². The Balaban J connectivity index is 1.86. The number of methoxy groups -OCH3 is 1. The Hall–Kier alpha value is -0.870. The predicted octanol–water partition coefficient (Wildman–Crippen LogP) is 2.96. The lowest BCUT2D eigenvalue weighted by Gasteiger charge is -2.23. The summed E-state index contributed by atoms with van der Waals surface area (Å²) in [5, 5.41) is 4.19. The molecular formula is C17H25NO2S. The molecule has 4 heteroatoms. The Morgan fingerprint density at radius 2 is 2.10 bits per heavy atom. The van der Waals surface area contributed by atoms with Crippen molar-refractivity contribution in [1.82, 2.24) is 5.32 Å². The number of fused-ring (bicyclic) bond motifs is 1. The van der Waals surface area contributed by atoms with Crippen molar-refractivity contribution in [1.29, 1.82) is 0 Å². The minimum atomic E-state index is -0.740. The minimum absolute atomic E-state index is 0.210. The summed E-state index contributed by atoms with van der Waals surface area (Å²) in [6.45, 7) is 3.02. The van der Waals surface area contributed by atoms with Gasteiger partial charge in [-0.25, -0.2) is 0 Å². The van der Waals surface area contributed by atoms with Gasteiger partial charge in [0, 0.05) is 22.1 Å². The van der Waals surface area contributed by atoms with Crippen LogP contribution >= 0.6 is 0 Å². The normalized spacial score (nSPS) is 26.8. The van der Waals surface area contributed by atoms with E-state index in [1.165, 1.54) is 24.0 Å². The summed E-state index contributed by atoms with van der Waals surface area (Å²) >= 11 is 0. The van der Waals surface area contributed by atoms with Crippen LogP contribution < -0.4 is 10.1 Å². The summed E-state index contributed by atoms with van der Waals surface area (Å²) < 4.78 is 18.4. The molecule has 0 aromatic heterocycles. The van der Waals surface area contributed by atoms with Gasteiger partial charge in [0.05, 0.1) is 12.4 Å². The van der Waals surface area contributed by atoms with Gasteiger partial charge in [0.15, 0.2) is 0 Å². The Labute approximate surface area is 129 Å². The zero-order valence-electron chi connectivity index (χ0n) is 12.9. The topological polar surface area (TPSA) is 38.3 Å². The molecule has 116 valence electrons. The fourth-order valence-corrected chi connectivity index (χ4v) is 5.90. The standard InChI is InChI=1S/C17H25NO2S/c1-3-18-17-15-11-13(20-2)9-8-12(15)10-16(17)21(19)14-6-4-5-7-14/h8-9,11,14,16-18H,3-7,10H2,1-2H3. The molecule has 0 bridgehead atoms. The third-order valence-electron chi connectivity index (χ3n) is 4.83. The fourth-order valence-electron chi connectivity index (χ4n) is 3.76. The van der Waals surface area contributed by atoms with Crippen LogP contribution in [0.2, 0.25) is 0 Å². The van der Waals surface area contributed by atoms with E-state index in [-0.39, 0.29) is 11.3 Å². The molecule has 21 heavy (non-hydrogen) atoms. The van der Waals surface area contributed by atoms with E-state index >= 15 is 0 Å². The zero-order valence-corrected chi connectivity index (χ0v) is 13.7. The Bertz CT molecular complexity index is 526. The highest BCUT2D eigenvalue weighted by Crippen LogP contribution is 2.39. The maximum atomic E-state index is 13.0. The van der Waals surface area contributed by atoms with Crippen molar-refractivity contribution in [2.75, 3.05) is 13.7 Å². The molecule has 1 fully saturated rings. The van der Waals surface area contributed by atoms with E-state index in [9.17, 15) is 4.21 Å². The van der Waals surface area contributed by atoms with Crippen molar-refractivity contribution in [2.45, 2.75) is 55.6 Å². The summed E-state index contributed by atoms with van der Waals surface area (Å²) in [5.41, 5.74) is 2.62. The monoisotopic (exact) mass is 307 g/mol. The first-order valence-electron chi connectivity index (χ1n) is 8.04. The summed E-state index contributed by atoms with van der Waals surface area (Å²) in [6.07, 6.45) is 5.70. The SMILES string of the molecule is CCNC1c2cc(OC)ccc2CC1S(=O)C1CCCC1. The van der Waals surface area contributed by atoms with Crippen LogP contribution in [0.5, 0.6) is 5.75 Å². The van der Waals surface area contributed by atoms with E-state index in [2.05, 4.69) is 24.4 Å². The van der Waals surface area contributed by atoms with E-state index in [0.29, 0.717) is 5.25 Å². The first-order chi connectivity index (χ1) is 10.2. The molecule has 1 aromatic rings. The molecule has 2 aliphatic carbocycles. The molecule has 1 aromatic carbocycles. The van der Waals surface area contributed by atoms with Crippen molar-refractivity contribution >= 4 is 10.8 Å². The predicted molar refractivity (Wildman–Crippen MR) is 87.3 cm³/mol. The molecular weight excluding hydrogens is 282 g/mol. The quantitative estimate of drug-likeness (QED) is 0.909. The van der Waals surface area contributed by atoms with E-state index < -0.39 is 10.8 Å². The molecule has 3 rings (SSSR count). The Morgan fingerprint density at radius 1 is 1.33 bits per heavy atom. The fraction of sp³-hybridized carbons (Fsp3) is 0.647. The van der Waals surface area contributed by atoms with Crippen LogP contribution in [0.15, 0.2) is 18.2 Å². The molecule has 0 radical (unpaired) electrons. The van der Waals surface area contributed by atoms with Gasteiger partial charge in [-0.1, -0.05) is 25.8 Å². The van der Waals surface area contributed by atoms with E-state index in [1.54, 1.807) is 7.11 Å². The van der Waals surface area contributed by atoms with Crippen molar-refractivity contribution in [3.8, 4) is 5.75 Å². The van der Waals surface area contributed by atoms with E-state index in [1.807, 2.05) is 6.07 Å². The van der Waals surface area contributed by atoms with Crippen LogP contribution in [0.4, 0.5) is 0 Å². The van der Waals surface area contributed by atoms with Gasteiger partial charge >= 0.3 is 0 Å². The van der Waals surface area contributed by atoms with Crippen molar-refractivity contribution in [2.24, 2.45) is 0 Å². The molecule has 0 aliphatic heterocycles. The zero-order chi connectivity index (χ0) is 14.8. The molecule has 3 atom stereocenters. The van der Waals surface area contributed by atoms with Gasteiger partial charge in [-0.3, -0.25) is 4.21 Å². The van der Waals surface area contributed by atoms with E-state index in [4.69, 9.17) is 4.74 Å². The number of hydrogen-bond acceptors (Lipinski definition) is 3. The molecule has 0 saturated heterocycles. The Kier molecular flexibility index (Phi) is 4.65. The molecule has 0 heterocycles. The summed E-state index contributed by atoms with van der Waals surface area (Å²) in [6, 6.07) is 6.49. The van der Waals surface area contributed by atoms with Gasteiger partial charge in [0.1, 0.15) is 5.75 Å². The maximum absolute atomic E-state index is 13.0. The molecule has 1 saturated carbocycles. The molecule has 2 aliphatic rings. The average molecular weight is 307 g/mol. The Morgan fingerprint density at radius 3 is 2.76 bits per heavy atom.